The zero-order valence-electron chi connectivity index (χ0n) is 12.9. The molecule has 1 aliphatic rings. The van der Waals surface area contributed by atoms with Crippen LogP contribution in [0.15, 0.2) is 18.2 Å². The van der Waals surface area contributed by atoms with Crippen LogP contribution in [0.2, 0.25) is 5.02 Å². The Hall–Kier alpha value is -2.26. The van der Waals surface area contributed by atoms with Crippen LogP contribution in [0.5, 0.6) is 0 Å². The molecule has 1 aliphatic carbocycles. The average Bonchev–Trinajstić information content (AvgIpc) is 3.31. The van der Waals surface area contributed by atoms with E-state index in [1.807, 2.05) is 6.92 Å². The number of halogens is 1. The van der Waals surface area contributed by atoms with Gasteiger partial charge in [0.2, 0.25) is 5.91 Å². The third-order valence-corrected chi connectivity index (χ3v) is 4.32. The van der Waals surface area contributed by atoms with Crippen LogP contribution in [0.4, 0.5) is 10.5 Å². The predicted molar refractivity (Wildman–Crippen MR) is 88.1 cm³/mol. The number of nitrogens with two attached hydrogens (primary N) is 1. The maximum absolute atomic E-state index is 12.5. The molecule has 0 spiro atoms. The molecule has 3 amide bonds. The Morgan fingerprint density at radius 3 is 2.74 bits per heavy atom. The van der Waals surface area contributed by atoms with Gasteiger partial charge in [-0.25, -0.2) is 4.79 Å². The van der Waals surface area contributed by atoms with Gasteiger partial charge in [0.15, 0.2) is 0 Å². The molecule has 122 valence electrons. The highest BCUT2D eigenvalue weighted by Gasteiger charge is 2.34. The Kier molecular flexibility index (Phi) is 5.45. The lowest BCUT2D eigenvalue weighted by Gasteiger charge is -2.29. The number of nitriles is 1. The van der Waals surface area contributed by atoms with E-state index in [2.05, 4.69) is 11.4 Å². The van der Waals surface area contributed by atoms with Crippen LogP contribution in [0.25, 0.3) is 0 Å². The highest BCUT2D eigenvalue weighted by molar-refractivity contribution is 6.34. The van der Waals surface area contributed by atoms with Crippen molar-refractivity contribution in [2.24, 2.45) is 11.7 Å². The van der Waals surface area contributed by atoms with Crippen LogP contribution < -0.4 is 11.1 Å². The minimum Gasteiger partial charge on any atom is -0.366 e. The van der Waals surface area contributed by atoms with Crippen molar-refractivity contribution in [2.75, 3.05) is 11.9 Å². The number of rotatable bonds is 6. The first kappa shape index (κ1) is 17.1. The molecule has 1 aromatic rings. The number of nitrogens with zero attached hydrogens (tertiary/aromatic N) is 2. The van der Waals surface area contributed by atoms with E-state index in [1.165, 1.54) is 12.1 Å². The van der Waals surface area contributed by atoms with Crippen molar-refractivity contribution in [3.63, 3.8) is 0 Å². The number of nitrogens with one attached hydrogen (secondary N) is 1. The molecule has 0 saturated heterocycles. The Bertz CT molecular complexity index is 652. The van der Waals surface area contributed by atoms with Crippen LogP contribution >= 0.6 is 11.6 Å². The summed E-state index contributed by atoms with van der Waals surface area (Å²) in [6.45, 7) is 2.38. The largest absolute Gasteiger partial charge is 0.366 e. The maximum atomic E-state index is 12.5. The molecular formula is C16H19ClN4O2. The van der Waals surface area contributed by atoms with E-state index in [4.69, 9.17) is 22.6 Å². The lowest BCUT2D eigenvalue weighted by atomic mass is 10.1. The fraction of sp³-hybridized carbons (Fsp3) is 0.438. The summed E-state index contributed by atoms with van der Waals surface area (Å²) in [4.78, 5) is 25.3. The van der Waals surface area contributed by atoms with E-state index in [1.54, 1.807) is 11.0 Å². The predicted octanol–water partition coefficient (Wildman–Crippen LogP) is 2.98. The number of amides is 3. The van der Waals surface area contributed by atoms with Crippen LogP contribution in [0.1, 0.15) is 36.5 Å². The number of carbonyl (C=O) groups excluding carboxylic acids is 2. The molecule has 1 saturated carbocycles. The molecular weight excluding hydrogens is 316 g/mol. The third-order valence-electron chi connectivity index (χ3n) is 4.01. The van der Waals surface area contributed by atoms with E-state index >= 15 is 0 Å². The molecule has 0 aromatic heterocycles. The zero-order valence-corrected chi connectivity index (χ0v) is 13.6. The Morgan fingerprint density at radius 1 is 1.52 bits per heavy atom. The summed E-state index contributed by atoms with van der Waals surface area (Å²) in [6.07, 6.45) is 2.50. The number of benzene rings is 1. The van der Waals surface area contributed by atoms with Crippen LogP contribution in [-0.4, -0.2) is 29.4 Å². The molecule has 6 nitrogen and oxygen atoms in total. The van der Waals surface area contributed by atoms with Gasteiger partial charge in [0.25, 0.3) is 0 Å². The summed E-state index contributed by atoms with van der Waals surface area (Å²) < 4.78 is 0. The second-order valence-electron chi connectivity index (χ2n) is 5.67. The highest BCUT2D eigenvalue weighted by atomic mass is 35.5. The summed E-state index contributed by atoms with van der Waals surface area (Å²) in [5.74, 6) is -0.119. The number of anilines is 1. The van der Waals surface area contributed by atoms with Crippen molar-refractivity contribution in [1.29, 1.82) is 5.26 Å². The SMILES string of the molecule is C[C@@H](C1CC1)N(CCC#N)C(=O)Nc1ccc(C(N)=O)c(Cl)c1. The van der Waals surface area contributed by atoms with Crippen molar-refractivity contribution in [3.8, 4) is 6.07 Å². The molecule has 3 N–H and O–H groups in total. The first-order chi connectivity index (χ1) is 10.9. The van der Waals surface area contributed by atoms with Crippen LogP contribution in [-0.2, 0) is 0 Å². The van der Waals surface area contributed by atoms with Gasteiger partial charge in [0.05, 0.1) is 23.1 Å². The monoisotopic (exact) mass is 334 g/mol. The highest BCUT2D eigenvalue weighted by Crippen LogP contribution is 2.35. The lowest BCUT2D eigenvalue weighted by Crippen LogP contribution is -2.43. The Balaban J connectivity index is 2.09. The number of hydrogen-bond acceptors (Lipinski definition) is 3. The summed E-state index contributed by atoms with van der Waals surface area (Å²) >= 11 is 5.99. The normalized spacial score (nSPS) is 14.7. The second kappa shape index (κ2) is 7.34. The van der Waals surface area contributed by atoms with Gasteiger partial charge in [-0.3, -0.25) is 4.79 Å². The third kappa shape index (κ3) is 4.36. The van der Waals surface area contributed by atoms with Crippen molar-refractivity contribution in [2.45, 2.75) is 32.2 Å². The number of carbonyl (C=O) groups is 2. The minimum absolute atomic E-state index is 0.0868. The van der Waals surface area contributed by atoms with Crippen molar-refractivity contribution in [3.05, 3.63) is 28.8 Å². The molecule has 0 radical (unpaired) electrons. The number of primary amides is 1. The van der Waals surface area contributed by atoms with Gasteiger partial charge >= 0.3 is 6.03 Å². The topological polar surface area (TPSA) is 99.2 Å². The van der Waals surface area contributed by atoms with E-state index in [0.717, 1.165) is 12.8 Å². The number of hydrogen-bond donors (Lipinski definition) is 2. The summed E-state index contributed by atoms with van der Waals surface area (Å²) in [6, 6.07) is 6.42. The van der Waals surface area contributed by atoms with E-state index in [9.17, 15) is 9.59 Å². The number of urea groups is 1. The first-order valence-electron chi connectivity index (χ1n) is 7.48. The fourth-order valence-electron chi connectivity index (χ4n) is 2.48. The zero-order chi connectivity index (χ0) is 17.0. The van der Waals surface area contributed by atoms with Crippen molar-refractivity contribution in [1.82, 2.24) is 4.90 Å². The van der Waals surface area contributed by atoms with Gasteiger partial charge in [-0.05, 0) is 43.9 Å². The van der Waals surface area contributed by atoms with E-state index in [0.29, 0.717) is 18.2 Å². The molecule has 7 heteroatoms. The molecule has 0 aliphatic heterocycles. The molecule has 0 unspecified atom stereocenters. The van der Waals surface area contributed by atoms with E-state index < -0.39 is 5.91 Å². The first-order valence-corrected chi connectivity index (χ1v) is 7.85. The molecule has 1 fully saturated rings. The molecule has 23 heavy (non-hydrogen) atoms. The van der Waals surface area contributed by atoms with E-state index in [-0.39, 0.29) is 29.1 Å². The Morgan fingerprint density at radius 2 is 2.22 bits per heavy atom. The quantitative estimate of drug-likeness (QED) is 0.836. The lowest BCUT2D eigenvalue weighted by molar-refractivity contribution is 0.100. The van der Waals surface area contributed by atoms with Gasteiger partial charge in [0.1, 0.15) is 0 Å². The molecule has 0 bridgehead atoms. The average molecular weight is 335 g/mol. The van der Waals surface area contributed by atoms with Gasteiger partial charge in [-0.1, -0.05) is 11.6 Å². The fourth-order valence-corrected chi connectivity index (χ4v) is 2.76. The van der Waals surface area contributed by atoms with Gasteiger partial charge in [-0.2, -0.15) is 5.26 Å². The smallest absolute Gasteiger partial charge is 0.322 e. The maximum Gasteiger partial charge on any atom is 0.322 e. The molecule has 2 rings (SSSR count). The van der Waals surface area contributed by atoms with Crippen LogP contribution in [0, 0.1) is 17.2 Å². The van der Waals surface area contributed by atoms with Crippen LogP contribution in [0.3, 0.4) is 0 Å². The Labute approximate surface area is 140 Å². The summed E-state index contributed by atoms with van der Waals surface area (Å²) in [5.41, 5.74) is 5.89. The summed E-state index contributed by atoms with van der Waals surface area (Å²) in [7, 11) is 0. The van der Waals surface area contributed by atoms with Gasteiger partial charge < -0.3 is 16.0 Å². The molecule has 1 atom stereocenters. The molecule has 0 heterocycles. The minimum atomic E-state index is -0.620. The standard InChI is InChI=1S/C16H19ClN4O2/c1-10(11-3-4-11)21(8-2-7-18)16(23)20-12-5-6-13(15(19)22)14(17)9-12/h5-6,9-11H,2-4,8H2,1H3,(H2,19,22)(H,20,23)/t10-/m0/s1. The molecule has 1 aromatic carbocycles. The van der Waals surface area contributed by atoms with Gasteiger partial charge in [-0.15, -0.1) is 0 Å². The van der Waals surface area contributed by atoms with Crippen molar-refractivity contribution >= 4 is 29.2 Å². The summed E-state index contributed by atoms with van der Waals surface area (Å²) in [5, 5.41) is 11.7. The van der Waals surface area contributed by atoms with Gasteiger partial charge in [0, 0.05) is 18.3 Å². The van der Waals surface area contributed by atoms with Crippen molar-refractivity contribution < 1.29 is 9.59 Å². The second-order valence-corrected chi connectivity index (χ2v) is 6.08.